The minimum atomic E-state index is 0.432. The Morgan fingerprint density at radius 3 is 2.60 bits per heavy atom. The molecule has 0 aromatic heterocycles. The molecular weight excluding hydrogens is 204 g/mol. The van der Waals surface area contributed by atoms with Gasteiger partial charge in [-0.3, -0.25) is 4.79 Å². The summed E-state index contributed by atoms with van der Waals surface area (Å²) in [6, 6.07) is 0. The first kappa shape index (κ1) is 11.5. The second kappa shape index (κ2) is 5.93. The van der Waals surface area contributed by atoms with Gasteiger partial charge in [-0.15, -0.1) is 0 Å². The van der Waals surface area contributed by atoms with Crippen LogP contribution in [-0.2, 0) is 4.79 Å². The number of hydrogen-bond donors (Lipinski definition) is 0. The third-order valence-electron chi connectivity index (χ3n) is 3.87. The molecule has 0 N–H and O–H groups in total. The molecule has 0 amide bonds. The topological polar surface area (TPSA) is 17.1 Å². The lowest BCUT2D eigenvalue weighted by Gasteiger charge is -2.10. The van der Waals surface area contributed by atoms with Crippen molar-refractivity contribution in [3.8, 4) is 0 Å². The highest BCUT2D eigenvalue weighted by Gasteiger charge is 2.23. The fourth-order valence-electron chi connectivity index (χ4n) is 2.85. The second-order valence-electron chi connectivity index (χ2n) is 5.07. The van der Waals surface area contributed by atoms with E-state index in [-0.39, 0.29) is 0 Å². The van der Waals surface area contributed by atoms with Crippen LogP contribution >= 0.6 is 11.8 Å². The minimum Gasteiger partial charge on any atom is -0.299 e. The van der Waals surface area contributed by atoms with Gasteiger partial charge in [-0.1, -0.05) is 12.8 Å². The Hall–Kier alpha value is 0.0200. The van der Waals surface area contributed by atoms with Crippen molar-refractivity contribution < 1.29 is 4.79 Å². The van der Waals surface area contributed by atoms with Crippen LogP contribution in [0.25, 0.3) is 0 Å². The molecule has 0 radical (unpaired) electrons. The Kier molecular flexibility index (Phi) is 4.55. The van der Waals surface area contributed by atoms with E-state index in [1.165, 1.54) is 43.6 Å². The Labute approximate surface area is 97.4 Å². The molecule has 15 heavy (non-hydrogen) atoms. The molecule has 0 aromatic carbocycles. The monoisotopic (exact) mass is 226 g/mol. The molecule has 0 aliphatic heterocycles. The number of thioether (sulfide) groups is 1. The molecule has 1 nitrogen and oxygen atoms in total. The molecule has 0 spiro atoms. The van der Waals surface area contributed by atoms with Crippen molar-refractivity contribution in [2.24, 2.45) is 11.8 Å². The molecule has 2 saturated carbocycles. The highest BCUT2D eigenvalue weighted by Crippen LogP contribution is 2.30. The third kappa shape index (κ3) is 3.51. The lowest BCUT2D eigenvalue weighted by Crippen LogP contribution is -2.07. The molecule has 0 heterocycles. The number of carbonyl (C=O) groups is 1. The van der Waals surface area contributed by atoms with Crippen LogP contribution in [0.4, 0.5) is 0 Å². The van der Waals surface area contributed by atoms with Gasteiger partial charge >= 0.3 is 0 Å². The summed E-state index contributed by atoms with van der Waals surface area (Å²) in [5, 5.41) is 0. The summed E-state index contributed by atoms with van der Waals surface area (Å²) in [7, 11) is 0. The molecule has 2 heteroatoms. The molecule has 2 fully saturated rings. The third-order valence-corrected chi connectivity index (χ3v) is 5.10. The van der Waals surface area contributed by atoms with Crippen LogP contribution in [0.3, 0.4) is 0 Å². The Morgan fingerprint density at radius 1 is 1.13 bits per heavy atom. The van der Waals surface area contributed by atoms with Gasteiger partial charge in [-0.2, -0.15) is 11.8 Å². The molecular formula is C13H22OS. The van der Waals surface area contributed by atoms with Gasteiger partial charge in [0.1, 0.15) is 5.78 Å². The molecule has 2 rings (SSSR count). The van der Waals surface area contributed by atoms with Crippen molar-refractivity contribution in [3.05, 3.63) is 0 Å². The number of rotatable bonds is 5. The fourth-order valence-corrected chi connectivity index (χ4v) is 4.13. The summed E-state index contributed by atoms with van der Waals surface area (Å²) in [5.41, 5.74) is 0. The van der Waals surface area contributed by atoms with E-state index in [9.17, 15) is 4.79 Å². The molecule has 1 atom stereocenters. The molecule has 2 aliphatic rings. The SMILES string of the molecule is O=C1CCCC1CCSCC1CCCC1. The highest BCUT2D eigenvalue weighted by atomic mass is 32.2. The van der Waals surface area contributed by atoms with Crippen LogP contribution in [0, 0.1) is 11.8 Å². The van der Waals surface area contributed by atoms with Crippen molar-refractivity contribution in [2.45, 2.75) is 51.4 Å². The quantitative estimate of drug-likeness (QED) is 0.665. The van der Waals surface area contributed by atoms with Gasteiger partial charge in [0.05, 0.1) is 0 Å². The predicted molar refractivity (Wildman–Crippen MR) is 66.2 cm³/mol. The number of Topliss-reactive ketones (excluding diaryl/α,β-unsaturated/α-hetero) is 1. The van der Waals surface area contributed by atoms with Crippen LogP contribution in [0.15, 0.2) is 0 Å². The molecule has 2 aliphatic carbocycles. The molecule has 1 unspecified atom stereocenters. The highest BCUT2D eigenvalue weighted by molar-refractivity contribution is 7.99. The minimum absolute atomic E-state index is 0.432. The summed E-state index contributed by atoms with van der Waals surface area (Å²) in [6.07, 6.45) is 10.1. The average molecular weight is 226 g/mol. The normalized spacial score (nSPS) is 27.7. The van der Waals surface area contributed by atoms with Gasteiger partial charge in [-0.05, 0) is 49.5 Å². The smallest absolute Gasteiger partial charge is 0.136 e. The summed E-state index contributed by atoms with van der Waals surface area (Å²) in [5.74, 6) is 4.53. The zero-order valence-electron chi connectivity index (χ0n) is 9.54. The summed E-state index contributed by atoms with van der Waals surface area (Å²) in [4.78, 5) is 11.4. The zero-order chi connectivity index (χ0) is 10.5. The molecule has 0 bridgehead atoms. The Bertz CT molecular complexity index is 209. The predicted octanol–water partition coefficient (Wildman–Crippen LogP) is 3.67. The standard InChI is InChI=1S/C13H22OS/c14-13-7-3-6-12(13)8-9-15-10-11-4-1-2-5-11/h11-12H,1-10H2. The molecule has 86 valence electrons. The van der Waals surface area contributed by atoms with Gasteiger partial charge < -0.3 is 0 Å². The van der Waals surface area contributed by atoms with Gasteiger partial charge in [0.15, 0.2) is 0 Å². The van der Waals surface area contributed by atoms with Gasteiger partial charge in [0.25, 0.3) is 0 Å². The Morgan fingerprint density at radius 2 is 1.93 bits per heavy atom. The van der Waals surface area contributed by atoms with Crippen molar-refractivity contribution in [3.63, 3.8) is 0 Å². The summed E-state index contributed by atoms with van der Waals surface area (Å²) >= 11 is 2.09. The fraction of sp³-hybridized carbons (Fsp3) is 0.923. The first-order valence-corrected chi connectivity index (χ1v) is 7.62. The largest absolute Gasteiger partial charge is 0.299 e. The maximum Gasteiger partial charge on any atom is 0.136 e. The zero-order valence-corrected chi connectivity index (χ0v) is 10.4. The van der Waals surface area contributed by atoms with Crippen molar-refractivity contribution >= 4 is 17.5 Å². The van der Waals surface area contributed by atoms with Crippen LogP contribution in [0.2, 0.25) is 0 Å². The van der Waals surface area contributed by atoms with Crippen LogP contribution in [-0.4, -0.2) is 17.3 Å². The summed E-state index contributed by atoms with van der Waals surface area (Å²) < 4.78 is 0. The van der Waals surface area contributed by atoms with Crippen molar-refractivity contribution in [1.82, 2.24) is 0 Å². The molecule has 0 aromatic rings. The Balaban J connectivity index is 1.52. The van der Waals surface area contributed by atoms with E-state index in [0.29, 0.717) is 11.7 Å². The van der Waals surface area contributed by atoms with E-state index in [1.807, 2.05) is 0 Å². The first-order valence-electron chi connectivity index (χ1n) is 6.46. The van der Waals surface area contributed by atoms with E-state index in [4.69, 9.17) is 0 Å². The lowest BCUT2D eigenvalue weighted by atomic mass is 10.1. The van der Waals surface area contributed by atoms with Crippen molar-refractivity contribution in [1.29, 1.82) is 0 Å². The van der Waals surface area contributed by atoms with E-state index in [1.54, 1.807) is 0 Å². The maximum absolute atomic E-state index is 11.4. The summed E-state index contributed by atoms with van der Waals surface area (Å²) in [6.45, 7) is 0. The van der Waals surface area contributed by atoms with Gasteiger partial charge in [-0.25, -0.2) is 0 Å². The first-order chi connectivity index (χ1) is 7.36. The van der Waals surface area contributed by atoms with E-state index in [0.717, 1.165) is 25.2 Å². The average Bonchev–Trinajstić information content (AvgIpc) is 2.85. The number of hydrogen-bond acceptors (Lipinski definition) is 2. The van der Waals surface area contributed by atoms with Crippen LogP contribution in [0.5, 0.6) is 0 Å². The van der Waals surface area contributed by atoms with Crippen molar-refractivity contribution in [2.75, 3.05) is 11.5 Å². The van der Waals surface area contributed by atoms with E-state index in [2.05, 4.69) is 11.8 Å². The molecule has 0 saturated heterocycles. The lowest BCUT2D eigenvalue weighted by molar-refractivity contribution is -0.120. The van der Waals surface area contributed by atoms with E-state index < -0.39 is 0 Å². The second-order valence-corrected chi connectivity index (χ2v) is 6.22. The van der Waals surface area contributed by atoms with Crippen LogP contribution in [0.1, 0.15) is 51.4 Å². The maximum atomic E-state index is 11.4. The number of ketones is 1. The van der Waals surface area contributed by atoms with Crippen LogP contribution < -0.4 is 0 Å². The number of carbonyl (C=O) groups excluding carboxylic acids is 1. The van der Waals surface area contributed by atoms with Gasteiger partial charge in [0.2, 0.25) is 0 Å². The van der Waals surface area contributed by atoms with Gasteiger partial charge in [0, 0.05) is 12.3 Å². The van der Waals surface area contributed by atoms with E-state index >= 15 is 0 Å².